The number of anilines is 1. The Kier molecular flexibility index (Phi) is 4.46. The molecule has 0 spiro atoms. The fraction of sp³-hybridized carbons (Fsp3) is 0.500. The van der Waals surface area contributed by atoms with E-state index in [-0.39, 0.29) is 5.41 Å². The molecule has 1 heterocycles. The maximum absolute atomic E-state index is 6.13. The summed E-state index contributed by atoms with van der Waals surface area (Å²) in [5, 5.41) is 5.89. The maximum atomic E-state index is 6.13. The van der Waals surface area contributed by atoms with E-state index in [1.165, 1.54) is 16.9 Å². The molecule has 0 saturated heterocycles. The summed E-state index contributed by atoms with van der Waals surface area (Å²) in [4.78, 5) is 0. The van der Waals surface area contributed by atoms with E-state index in [9.17, 15) is 0 Å². The number of nitrogens with zero attached hydrogens (tertiary/aromatic N) is 1. The van der Waals surface area contributed by atoms with Gasteiger partial charge in [-0.1, -0.05) is 26.0 Å². The second-order valence-corrected chi connectivity index (χ2v) is 5.76. The number of nitrogens with one attached hydrogen (secondary N) is 1. The minimum atomic E-state index is 0.187. The first-order valence-corrected chi connectivity index (χ1v) is 7.69. The number of hydrogen-bond acceptors (Lipinski definition) is 3. The number of halogens is 1. The summed E-state index contributed by atoms with van der Waals surface area (Å²) in [6.07, 6.45) is 2.19. The summed E-state index contributed by atoms with van der Waals surface area (Å²) in [6, 6.07) is 8.23. The van der Waals surface area contributed by atoms with Crippen molar-refractivity contribution in [2.75, 3.05) is 17.7 Å². The SMILES string of the molecule is CCC(CC)(CCl)CNc1snc2ccccc12. The van der Waals surface area contributed by atoms with Crippen molar-refractivity contribution in [3.8, 4) is 0 Å². The predicted octanol–water partition coefficient (Wildman–Crippen LogP) is 4.75. The number of fused-ring (bicyclic) bond motifs is 1. The monoisotopic (exact) mass is 282 g/mol. The lowest BCUT2D eigenvalue weighted by Crippen LogP contribution is -2.30. The molecule has 2 aromatic rings. The predicted molar refractivity (Wildman–Crippen MR) is 81.8 cm³/mol. The van der Waals surface area contributed by atoms with E-state index in [0.717, 1.165) is 29.9 Å². The second-order valence-electron chi connectivity index (χ2n) is 4.72. The van der Waals surface area contributed by atoms with Gasteiger partial charge >= 0.3 is 0 Å². The first-order valence-electron chi connectivity index (χ1n) is 6.39. The van der Waals surface area contributed by atoms with Crippen LogP contribution in [0.15, 0.2) is 24.3 Å². The van der Waals surface area contributed by atoms with Gasteiger partial charge in [-0.2, -0.15) is 4.37 Å². The fourth-order valence-corrected chi connectivity index (χ4v) is 3.25. The molecule has 0 saturated carbocycles. The molecule has 0 aliphatic rings. The van der Waals surface area contributed by atoms with Gasteiger partial charge in [0.05, 0.1) is 5.52 Å². The zero-order valence-electron chi connectivity index (χ0n) is 10.9. The van der Waals surface area contributed by atoms with Crippen LogP contribution >= 0.6 is 23.1 Å². The van der Waals surface area contributed by atoms with Crippen LogP contribution < -0.4 is 5.32 Å². The Labute approximate surface area is 118 Å². The average molecular weight is 283 g/mol. The van der Waals surface area contributed by atoms with Gasteiger partial charge in [-0.15, -0.1) is 11.6 Å². The van der Waals surface area contributed by atoms with Crippen molar-refractivity contribution < 1.29 is 0 Å². The molecule has 2 nitrogen and oxygen atoms in total. The van der Waals surface area contributed by atoms with Crippen LogP contribution in [0, 0.1) is 5.41 Å². The highest BCUT2D eigenvalue weighted by Gasteiger charge is 2.25. The minimum absolute atomic E-state index is 0.187. The van der Waals surface area contributed by atoms with E-state index in [0.29, 0.717) is 5.88 Å². The van der Waals surface area contributed by atoms with Crippen LogP contribution in [0.2, 0.25) is 0 Å². The topological polar surface area (TPSA) is 24.9 Å². The fourth-order valence-electron chi connectivity index (χ4n) is 2.02. The molecular formula is C14H19ClN2S. The Morgan fingerprint density at radius 1 is 1.28 bits per heavy atom. The largest absolute Gasteiger partial charge is 0.375 e. The van der Waals surface area contributed by atoms with E-state index in [2.05, 4.69) is 35.7 Å². The van der Waals surface area contributed by atoms with Crippen molar-refractivity contribution >= 4 is 39.0 Å². The smallest absolute Gasteiger partial charge is 0.117 e. The van der Waals surface area contributed by atoms with E-state index in [1.807, 2.05) is 12.1 Å². The van der Waals surface area contributed by atoms with Gasteiger partial charge in [0, 0.05) is 23.2 Å². The molecule has 1 N–H and O–H groups in total. The quantitative estimate of drug-likeness (QED) is 0.773. The minimum Gasteiger partial charge on any atom is -0.375 e. The Bertz CT molecular complexity index is 497. The Hall–Kier alpha value is -0.800. The molecular weight excluding hydrogens is 264 g/mol. The van der Waals surface area contributed by atoms with E-state index < -0.39 is 0 Å². The van der Waals surface area contributed by atoms with Crippen molar-refractivity contribution in [2.45, 2.75) is 26.7 Å². The number of benzene rings is 1. The van der Waals surface area contributed by atoms with E-state index in [1.54, 1.807) is 0 Å². The lowest BCUT2D eigenvalue weighted by atomic mass is 9.84. The van der Waals surface area contributed by atoms with Crippen LogP contribution in [-0.4, -0.2) is 16.8 Å². The molecule has 4 heteroatoms. The van der Waals surface area contributed by atoms with Crippen LogP contribution in [0.1, 0.15) is 26.7 Å². The molecule has 0 fully saturated rings. The summed E-state index contributed by atoms with van der Waals surface area (Å²) in [7, 11) is 0. The van der Waals surface area contributed by atoms with Crippen LogP contribution in [0.3, 0.4) is 0 Å². The van der Waals surface area contributed by atoms with Crippen molar-refractivity contribution in [3.63, 3.8) is 0 Å². The van der Waals surface area contributed by atoms with Crippen LogP contribution in [0.25, 0.3) is 10.9 Å². The molecule has 18 heavy (non-hydrogen) atoms. The van der Waals surface area contributed by atoms with Crippen LogP contribution in [0.5, 0.6) is 0 Å². The maximum Gasteiger partial charge on any atom is 0.117 e. The molecule has 0 aliphatic carbocycles. The van der Waals surface area contributed by atoms with Gasteiger partial charge in [0.15, 0.2) is 0 Å². The first kappa shape index (κ1) is 13.6. The molecule has 2 rings (SSSR count). The van der Waals surface area contributed by atoms with Crippen molar-refractivity contribution in [3.05, 3.63) is 24.3 Å². The van der Waals surface area contributed by atoms with Crippen molar-refractivity contribution in [2.24, 2.45) is 5.41 Å². The summed E-state index contributed by atoms with van der Waals surface area (Å²) >= 11 is 7.66. The van der Waals surface area contributed by atoms with E-state index >= 15 is 0 Å². The summed E-state index contributed by atoms with van der Waals surface area (Å²) in [5.74, 6) is 0.698. The summed E-state index contributed by atoms with van der Waals surface area (Å²) in [6.45, 7) is 5.33. The summed E-state index contributed by atoms with van der Waals surface area (Å²) < 4.78 is 4.44. The molecule has 98 valence electrons. The van der Waals surface area contributed by atoms with Gasteiger partial charge < -0.3 is 5.32 Å². The zero-order valence-corrected chi connectivity index (χ0v) is 12.4. The van der Waals surface area contributed by atoms with Gasteiger partial charge in [-0.3, -0.25) is 0 Å². The molecule has 1 aromatic heterocycles. The summed E-state index contributed by atoms with van der Waals surface area (Å²) in [5.41, 5.74) is 1.25. The van der Waals surface area contributed by atoms with Gasteiger partial charge in [0.2, 0.25) is 0 Å². The Morgan fingerprint density at radius 2 is 2.00 bits per heavy atom. The average Bonchev–Trinajstić information content (AvgIpc) is 2.85. The standard InChI is InChI=1S/C14H19ClN2S/c1-3-14(4-2,9-15)10-16-13-11-7-5-6-8-12(11)17-18-13/h5-8,16H,3-4,9-10H2,1-2H3. The van der Waals surface area contributed by atoms with E-state index in [4.69, 9.17) is 11.6 Å². The highest BCUT2D eigenvalue weighted by molar-refractivity contribution is 7.11. The van der Waals surface area contributed by atoms with Crippen LogP contribution in [0.4, 0.5) is 5.00 Å². The normalized spacial score (nSPS) is 11.9. The van der Waals surface area contributed by atoms with Gasteiger partial charge in [-0.05, 0) is 36.5 Å². The molecule has 0 radical (unpaired) electrons. The third-order valence-corrected chi connectivity index (χ3v) is 5.19. The van der Waals surface area contributed by atoms with Crippen molar-refractivity contribution in [1.82, 2.24) is 4.37 Å². The third-order valence-electron chi connectivity index (χ3n) is 3.79. The molecule has 0 aliphatic heterocycles. The first-order chi connectivity index (χ1) is 8.74. The second kappa shape index (κ2) is 5.89. The lowest BCUT2D eigenvalue weighted by molar-refractivity contribution is 0.327. The molecule has 1 aromatic carbocycles. The highest BCUT2D eigenvalue weighted by Crippen LogP contribution is 2.32. The number of aromatic nitrogens is 1. The van der Waals surface area contributed by atoms with Crippen LogP contribution in [-0.2, 0) is 0 Å². The lowest BCUT2D eigenvalue weighted by Gasteiger charge is -2.29. The molecule has 0 atom stereocenters. The Morgan fingerprint density at radius 3 is 2.67 bits per heavy atom. The highest BCUT2D eigenvalue weighted by atomic mass is 35.5. The zero-order chi connectivity index (χ0) is 13.0. The number of hydrogen-bond donors (Lipinski definition) is 1. The Balaban J connectivity index is 2.14. The number of rotatable bonds is 6. The van der Waals surface area contributed by atoms with Gasteiger partial charge in [0.25, 0.3) is 0 Å². The van der Waals surface area contributed by atoms with Crippen molar-refractivity contribution in [1.29, 1.82) is 0 Å². The molecule has 0 unspecified atom stereocenters. The van der Waals surface area contributed by atoms with Gasteiger partial charge in [0.1, 0.15) is 5.00 Å². The third kappa shape index (κ3) is 2.62. The number of alkyl halides is 1. The molecule has 0 amide bonds. The molecule has 0 bridgehead atoms. The van der Waals surface area contributed by atoms with Gasteiger partial charge in [-0.25, -0.2) is 0 Å².